The second-order valence-electron chi connectivity index (χ2n) is 5.17. The van der Waals surface area contributed by atoms with Crippen LogP contribution in [0.1, 0.15) is 11.1 Å². The van der Waals surface area contributed by atoms with Crippen molar-refractivity contribution < 1.29 is 8.78 Å². The first-order chi connectivity index (χ1) is 11.6. The average molecular weight is 327 g/mol. The Labute approximate surface area is 137 Å². The molecule has 24 heavy (non-hydrogen) atoms. The van der Waals surface area contributed by atoms with E-state index in [0.29, 0.717) is 12.4 Å². The van der Waals surface area contributed by atoms with Crippen LogP contribution in [0.3, 0.4) is 0 Å². The van der Waals surface area contributed by atoms with Crippen LogP contribution in [-0.4, -0.2) is 15.2 Å². The summed E-state index contributed by atoms with van der Waals surface area (Å²) in [6.45, 7) is 2.57. The summed E-state index contributed by atoms with van der Waals surface area (Å²) in [6.07, 6.45) is 1.45. The van der Waals surface area contributed by atoms with Gasteiger partial charge in [-0.3, -0.25) is 0 Å². The molecule has 0 aliphatic heterocycles. The molecule has 7 heteroatoms. The molecule has 1 aromatic heterocycles. The molecule has 0 aliphatic rings. The Balaban J connectivity index is 1.74. The maximum atomic E-state index is 13.7. The number of anilines is 3. The summed E-state index contributed by atoms with van der Waals surface area (Å²) in [5, 5.41) is 13.2. The minimum Gasteiger partial charge on any atom is -0.365 e. The number of benzene rings is 2. The lowest BCUT2D eigenvalue weighted by molar-refractivity contribution is 0.590. The lowest BCUT2D eigenvalue weighted by atomic mass is 10.1. The van der Waals surface area contributed by atoms with Crippen LogP contribution in [0.25, 0.3) is 0 Å². The van der Waals surface area contributed by atoms with Crippen molar-refractivity contribution in [3.63, 3.8) is 0 Å². The SMILES string of the molecule is Cc1ccccc1CNc1cnnc(Nc2c(F)cccc2F)n1. The Morgan fingerprint density at radius 2 is 1.75 bits per heavy atom. The fourth-order valence-corrected chi connectivity index (χ4v) is 2.16. The Morgan fingerprint density at radius 3 is 2.50 bits per heavy atom. The number of hydrogen-bond donors (Lipinski definition) is 2. The van der Waals surface area contributed by atoms with E-state index < -0.39 is 11.6 Å². The Bertz CT molecular complexity index is 834. The molecule has 2 N–H and O–H groups in total. The van der Waals surface area contributed by atoms with E-state index in [4.69, 9.17) is 0 Å². The van der Waals surface area contributed by atoms with Crippen molar-refractivity contribution in [2.75, 3.05) is 10.6 Å². The molecule has 3 rings (SSSR count). The molecular formula is C17H15F2N5. The predicted octanol–water partition coefficient (Wildman–Crippen LogP) is 3.81. The van der Waals surface area contributed by atoms with Gasteiger partial charge in [0.15, 0.2) is 5.82 Å². The summed E-state index contributed by atoms with van der Waals surface area (Å²) in [5.74, 6) is -0.991. The second kappa shape index (κ2) is 6.99. The lowest BCUT2D eigenvalue weighted by Gasteiger charge is -2.10. The minimum absolute atomic E-state index is 0.00813. The van der Waals surface area contributed by atoms with E-state index in [1.165, 1.54) is 12.3 Å². The highest BCUT2D eigenvalue weighted by Gasteiger charge is 2.10. The van der Waals surface area contributed by atoms with Crippen molar-refractivity contribution in [1.82, 2.24) is 15.2 Å². The van der Waals surface area contributed by atoms with Crippen molar-refractivity contribution >= 4 is 17.5 Å². The summed E-state index contributed by atoms with van der Waals surface area (Å²) in [4.78, 5) is 4.17. The highest BCUT2D eigenvalue weighted by atomic mass is 19.1. The third kappa shape index (κ3) is 3.62. The monoisotopic (exact) mass is 327 g/mol. The molecule has 0 saturated carbocycles. The van der Waals surface area contributed by atoms with E-state index in [1.807, 2.05) is 31.2 Å². The van der Waals surface area contributed by atoms with Crippen LogP contribution in [0.2, 0.25) is 0 Å². The van der Waals surface area contributed by atoms with Crippen molar-refractivity contribution in [3.8, 4) is 0 Å². The zero-order chi connectivity index (χ0) is 16.9. The second-order valence-corrected chi connectivity index (χ2v) is 5.17. The van der Waals surface area contributed by atoms with Gasteiger partial charge in [-0.05, 0) is 30.2 Å². The van der Waals surface area contributed by atoms with E-state index in [9.17, 15) is 8.78 Å². The van der Waals surface area contributed by atoms with Crippen LogP contribution in [0.5, 0.6) is 0 Å². The van der Waals surface area contributed by atoms with Gasteiger partial charge in [-0.2, -0.15) is 10.1 Å². The molecule has 0 radical (unpaired) electrons. The maximum absolute atomic E-state index is 13.7. The van der Waals surface area contributed by atoms with Crippen LogP contribution < -0.4 is 10.6 Å². The molecule has 122 valence electrons. The van der Waals surface area contributed by atoms with Gasteiger partial charge < -0.3 is 10.6 Å². The van der Waals surface area contributed by atoms with E-state index in [-0.39, 0.29) is 11.6 Å². The number of halogens is 2. The molecule has 3 aromatic rings. The number of rotatable bonds is 5. The first-order valence-corrected chi connectivity index (χ1v) is 7.32. The predicted molar refractivity (Wildman–Crippen MR) is 88.0 cm³/mol. The number of nitrogens with zero attached hydrogens (tertiary/aromatic N) is 3. The van der Waals surface area contributed by atoms with Crippen LogP contribution in [0.4, 0.5) is 26.2 Å². The van der Waals surface area contributed by atoms with Crippen LogP contribution in [0, 0.1) is 18.6 Å². The molecule has 0 saturated heterocycles. The maximum Gasteiger partial charge on any atom is 0.249 e. The van der Waals surface area contributed by atoms with Crippen molar-refractivity contribution in [3.05, 3.63) is 71.4 Å². The number of aryl methyl sites for hydroxylation is 1. The Hall–Kier alpha value is -3.09. The van der Waals surface area contributed by atoms with Crippen LogP contribution >= 0.6 is 0 Å². The normalized spacial score (nSPS) is 10.5. The third-order valence-corrected chi connectivity index (χ3v) is 3.48. The van der Waals surface area contributed by atoms with E-state index in [0.717, 1.165) is 23.3 Å². The molecule has 0 aliphatic carbocycles. The van der Waals surface area contributed by atoms with Gasteiger partial charge in [-0.15, -0.1) is 5.10 Å². The first kappa shape index (κ1) is 15.8. The van der Waals surface area contributed by atoms with Gasteiger partial charge in [-0.25, -0.2) is 8.78 Å². The van der Waals surface area contributed by atoms with Gasteiger partial charge in [0.1, 0.15) is 17.3 Å². The van der Waals surface area contributed by atoms with Gasteiger partial charge in [0, 0.05) is 6.54 Å². The third-order valence-electron chi connectivity index (χ3n) is 3.48. The molecule has 1 heterocycles. The summed E-state index contributed by atoms with van der Waals surface area (Å²) in [7, 11) is 0. The first-order valence-electron chi connectivity index (χ1n) is 7.32. The highest BCUT2D eigenvalue weighted by molar-refractivity contribution is 5.55. The van der Waals surface area contributed by atoms with E-state index in [2.05, 4.69) is 25.8 Å². The molecule has 0 unspecified atom stereocenters. The molecule has 0 atom stereocenters. The molecule has 2 aromatic carbocycles. The summed E-state index contributed by atoms with van der Waals surface area (Å²) < 4.78 is 27.3. The molecular weight excluding hydrogens is 312 g/mol. The quantitative estimate of drug-likeness (QED) is 0.746. The topological polar surface area (TPSA) is 62.7 Å². The van der Waals surface area contributed by atoms with Crippen LogP contribution in [0.15, 0.2) is 48.7 Å². The van der Waals surface area contributed by atoms with Gasteiger partial charge in [-0.1, -0.05) is 30.3 Å². The number of para-hydroxylation sites is 1. The van der Waals surface area contributed by atoms with Gasteiger partial charge in [0.2, 0.25) is 5.95 Å². The lowest BCUT2D eigenvalue weighted by Crippen LogP contribution is -2.07. The summed E-state index contributed by atoms with van der Waals surface area (Å²) >= 11 is 0. The number of aromatic nitrogens is 3. The van der Waals surface area contributed by atoms with Gasteiger partial charge in [0.05, 0.1) is 6.20 Å². The fraction of sp³-hybridized carbons (Fsp3) is 0.118. The Morgan fingerprint density at radius 1 is 1.00 bits per heavy atom. The summed E-state index contributed by atoms with van der Waals surface area (Å²) in [5.41, 5.74) is 1.96. The van der Waals surface area contributed by atoms with E-state index >= 15 is 0 Å². The molecule has 0 spiro atoms. The number of nitrogens with one attached hydrogen (secondary N) is 2. The summed E-state index contributed by atoms with van der Waals surface area (Å²) in [6, 6.07) is 11.5. The van der Waals surface area contributed by atoms with Crippen molar-refractivity contribution in [2.45, 2.75) is 13.5 Å². The molecule has 5 nitrogen and oxygen atoms in total. The smallest absolute Gasteiger partial charge is 0.249 e. The highest BCUT2D eigenvalue weighted by Crippen LogP contribution is 2.21. The average Bonchev–Trinajstić information content (AvgIpc) is 2.58. The van der Waals surface area contributed by atoms with Gasteiger partial charge in [0.25, 0.3) is 0 Å². The van der Waals surface area contributed by atoms with Gasteiger partial charge >= 0.3 is 0 Å². The van der Waals surface area contributed by atoms with Crippen LogP contribution in [-0.2, 0) is 6.54 Å². The largest absolute Gasteiger partial charge is 0.365 e. The van der Waals surface area contributed by atoms with E-state index in [1.54, 1.807) is 0 Å². The fourth-order valence-electron chi connectivity index (χ4n) is 2.16. The van der Waals surface area contributed by atoms with Crippen molar-refractivity contribution in [1.29, 1.82) is 0 Å². The molecule has 0 amide bonds. The Kier molecular flexibility index (Phi) is 4.60. The molecule has 0 fully saturated rings. The zero-order valence-corrected chi connectivity index (χ0v) is 12.9. The molecule has 0 bridgehead atoms. The minimum atomic E-state index is -0.725. The zero-order valence-electron chi connectivity index (χ0n) is 12.9. The van der Waals surface area contributed by atoms with Crippen molar-refractivity contribution in [2.24, 2.45) is 0 Å². The number of hydrogen-bond acceptors (Lipinski definition) is 5. The standard InChI is InChI=1S/C17H15F2N5/c1-11-5-2-3-6-12(11)9-20-15-10-21-24-17(22-15)23-16-13(18)7-4-8-14(16)19/h2-8,10H,9H2,1H3,(H2,20,22,23,24).